The van der Waals surface area contributed by atoms with Crippen LogP contribution in [-0.4, -0.2) is 19.5 Å². The van der Waals surface area contributed by atoms with Crippen LogP contribution >= 0.6 is 0 Å². The average Bonchev–Trinajstić information content (AvgIpc) is 2.33. The van der Waals surface area contributed by atoms with E-state index in [1.807, 2.05) is 6.92 Å². The van der Waals surface area contributed by atoms with Crippen molar-refractivity contribution in [3.8, 4) is 0 Å². The van der Waals surface area contributed by atoms with Gasteiger partial charge in [0.2, 0.25) is 0 Å². The maximum absolute atomic E-state index is 5.78. The first-order valence-electron chi connectivity index (χ1n) is 7.74. The Balaban J connectivity index is 1.70. The van der Waals surface area contributed by atoms with E-state index in [1.54, 1.807) is 0 Å². The van der Waals surface area contributed by atoms with Crippen LogP contribution in [0.1, 0.15) is 59.3 Å². The molecule has 2 aliphatic carbocycles. The highest BCUT2D eigenvalue weighted by Gasteiger charge is 2.48. The van der Waals surface area contributed by atoms with Crippen molar-refractivity contribution in [2.24, 2.45) is 22.7 Å². The van der Waals surface area contributed by atoms with Crippen LogP contribution in [0.3, 0.4) is 0 Å². The molecule has 0 amide bonds. The van der Waals surface area contributed by atoms with Gasteiger partial charge in [-0.15, -0.1) is 0 Å². The molecule has 0 radical (unpaired) electrons. The van der Waals surface area contributed by atoms with Crippen LogP contribution in [0.2, 0.25) is 0 Å². The Morgan fingerprint density at radius 1 is 1.00 bits per heavy atom. The Morgan fingerprint density at radius 2 is 1.72 bits per heavy atom. The van der Waals surface area contributed by atoms with Crippen molar-refractivity contribution in [2.75, 3.05) is 13.2 Å². The molecule has 2 atom stereocenters. The SMILES string of the molecule is CC1OCC2(CCC3C(CCCC3(C)C)C2)CO1. The molecule has 2 nitrogen and oxygen atoms in total. The summed E-state index contributed by atoms with van der Waals surface area (Å²) in [5.41, 5.74) is 0.912. The molecule has 1 aliphatic heterocycles. The number of rotatable bonds is 0. The summed E-state index contributed by atoms with van der Waals surface area (Å²) in [5.74, 6) is 1.86. The van der Waals surface area contributed by atoms with Crippen molar-refractivity contribution in [1.82, 2.24) is 0 Å². The molecule has 18 heavy (non-hydrogen) atoms. The van der Waals surface area contributed by atoms with Gasteiger partial charge in [-0.25, -0.2) is 0 Å². The summed E-state index contributed by atoms with van der Waals surface area (Å²) in [7, 11) is 0. The fourth-order valence-electron chi connectivity index (χ4n) is 4.78. The average molecular weight is 252 g/mol. The summed E-state index contributed by atoms with van der Waals surface area (Å²) in [4.78, 5) is 0. The van der Waals surface area contributed by atoms with Gasteiger partial charge in [-0.1, -0.05) is 26.7 Å². The second kappa shape index (κ2) is 4.49. The first kappa shape index (κ1) is 12.9. The van der Waals surface area contributed by atoms with Gasteiger partial charge in [0.15, 0.2) is 6.29 Å². The third-order valence-electron chi connectivity index (χ3n) is 5.90. The number of ether oxygens (including phenoxy) is 2. The zero-order valence-electron chi connectivity index (χ0n) is 12.2. The molecule has 1 spiro atoms. The van der Waals surface area contributed by atoms with Crippen molar-refractivity contribution in [3.63, 3.8) is 0 Å². The molecule has 0 aromatic heterocycles. The summed E-state index contributed by atoms with van der Waals surface area (Å²) in [6.07, 6.45) is 8.33. The minimum Gasteiger partial charge on any atom is -0.352 e. The van der Waals surface area contributed by atoms with Gasteiger partial charge in [-0.05, 0) is 49.9 Å². The highest BCUT2D eigenvalue weighted by molar-refractivity contribution is 4.97. The van der Waals surface area contributed by atoms with E-state index in [1.165, 1.54) is 38.5 Å². The minimum atomic E-state index is 0.0103. The number of fused-ring (bicyclic) bond motifs is 1. The smallest absolute Gasteiger partial charge is 0.154 e. The van der Waals surface area contributed by atoms with E-state index in [2.05, 4.69) is 13.8 Å². The Kier molecular flexibility index (Phi) is 3.22. The van der Waals surface area contributed by atoms with E-state index >= 15 is 0 Å². The zero-order chi connectivity index (χ0) is 12.8. The van der Waals surface area contributed by atoms with E-state index in [-0.39, 0.29) is 6.29 Å². The van der Waals surface area contributed by atoms with E-state index < -0.39 is 0 Å². The predicted octanol–water partition coefficient (Wildman–Crippen LogP) is 3.99. The Bertz CT molecular complexity index is 302. The van der Waals surface area contributed by atoms with Gasteiger partial charge in [-0.2, -0.15) is 0 Å². The quantitative estimate of drug-likeness (QED) is 0.649. The van der Waals surface area contributed by atoms with Crippen molar-refractivity contribution < 1.29 is 9.47 Å². The molecule has 104 valence electrons. The summed E-state index contributed by atoms with van der Waals surface area (Å²) >= 11 is 0. The van der Waals surface area contributed by atoms with Gasteiger partial charge in [0.25, 0.3) is 0 Å². The van der Waals surface area contributed by atoms with Gasteiger partial charge in [0, 0.05) is 5.41 Å². The molecule has 3 fully saturated rings. The van der Waals surface area contributed by atoms with Crippen LogP contribution in [0.5, 0.6) is 0 Å². The lowest BCUT2D eigenvalue weighted by atomic mass is 9.54. The topological polar surface area (TPSA) is 18.5 Å². The molecule has 2 heteroatoms. The third-order valence-corrected chi connectivity index (χ3v) is 5.90. The lowest BCUT2D eigenvalue weighted by molar-refractivity contribution is -0.236. The van der Waals surface area contributed by atoms with Crippen LogP contribution in [0, 0.1) is 22.7 Å². The van der Waals surface area contributed by atoms with Gasteiger partial charge in [-0.3, -0.25) is 0 Å². The Labute approximate surface area is 111 Å². The second-order valence-corrected chi connectivity index (χ2v) is 7.68. The van der Waals surface area contributed by atoms with Crippen molar-refractivity contribution in [2.45, 2.75) is 65.6 Å². The minimum absolute atomic E-state index is 0.0103. The monoisotopic (exact) mass is 252 g/mol. The second-order valence-electron chi connectivity index (χ2n) is 7.68. The highest BCUT2D eigenvalue weighted by Crippen LogP contribution is 2.55. The summed E-state index contributed by atoms with van der Waals surface area (Å²) < 4.78 is 11.6. The zero-order valence-corrected chi connectivity index (χ0v) is 12.2. The summed E-state index contributed by atoms with van der Waals surface area (Å²) in [6, 6.07) is 0. The fraction of sp³-hybridized carbons (Fsp3) is 1.00. The van der Waals surface area contributed by atoms with Crippen LogP contribution in [0.4, 0.5) is 0 Å². The standard InChI is InChI=1S/C16H28O2/c1-12-17-10-16(11-18-12)8-6-14-13(9-16)5-4-7-15(14,2)3/h12-14H,4-11H2,1-3H3. The maximum atomic E-state index is 5.78. The molecular weight excluding hydrogens is 224 g/mol. The van der Waals surface area contributed by atoms with E-state index in [0.29, 0.717) is 10.8 Å². The predicted molar refractivity (Wildman–Crippen MR) is 72.3 cm³/mol. The summed E-state index contributed by atoms with van der Waals surface area (Å²) in [5, 5.41) is 0. The van der Waals surface area contributed by atoms with Crippen LogP contribution in [0.25, 0.3) is 0 Å². The van der Waals surface area contributed by atoms with Crippen molar-refractivity contribution in [3.05, 3.63) is 0 Å². The van der Waals surface area contributed by atoms with Gasteiger partial charge < -0.3 is 9.47 Å². The molecule has 1 heterocycles. The number of hydrogen-bond acceptors (Lipinski definition) is 2. The molecular formula is C16H28O2. The van der Waals surface area contributed by atoms with Crippen LogP contribution < -0.4 is 0 Å². The normalized spacial score (nSPS) is 47.8. The highest BCUT2D eigenvalue weighted by atomic mass is 16.7. The molecule has 1 saturated heterocycles. The Morgan fingerprint density at radius 3 is 2.44 bits per heavy atom. The molecule has 0 aromatic rings. The van der Waals surface area contributed by atoms with Crippen molar-refractivity contribution >= 4 is 0 Å². The first-order chi connectivity index (χ1) is 8.51. The van der Waals surface area contributed by atoms with Crippen LogP contribution in [0.15, 0.2) is 0 Å². The maximum Gasteiger partial charge on any atom is 0.154 e. The fourth-order valence-corrected chi connectivity index (χ4v) is 4.78. The van der Waals surface area contributed by atoms with E-state index in [4.69, 9.17) is 9.47 Å². The van der Waals surface area contributed by atoms with Gasteiger partial charge >= 0.3 is 0 Å². The molecule has 0 N–H and O–H groups in total. The van der Waals surface area contributed by atoms with Crippen molar-refractivity contribution in [1.29, 1.82) is 0 Å². The van der Waals surface area contributed by atoms with Gasteiger partial charge in [0.1, 0.15) is 0 Å². The van der Waals surface area contributed by atoms with Crippen LogP contribution in [-0.2, 0) is 9.47 Å². The molecule has 2 saturated carbocycles. The lowest BCUT2D eigenvalue weighted by Gasteiger charge is -2.53. The summed E-state index contributed by atoms with van der Waals surface area (Å²) in [6.45, 7) is 8.84. The molecule has 0 aromatic carbocycles. The molecule has 2 unspecified atom stereocenters. The third kappa shape index (κ3) is 2.22. The lowest BCUT2D eigenvalue weighted by Crippen LogP contribution is -2.49. The molecule has 3 rings (SSSR count). The first-order valence-corrected chi connectivity index (χ1v) is 7.74. The number of hydrogen-bond donors (Lipinski definition) is 0. The molecule has 3 aliphatic rings. The van der Waals surface area contributed by atoms with Gasteiger partial charge in [0.05, 0.1) is 13.2 Å². The van der Waals surface area contributed by atoms with E-state index in [9.17, 15) is 0 Å². The molecule has 0 bridgehead atoms. The Hall–Kier alpha value is -0.0800. The largest absolute Gasteiger partial charge is 0.352 e. The van der Waals surface area contributed by atoms with E-state index in [0.717, 1.165) is 25.0 Å².